The first-order chi connectivity index (χ1) is 16.5. The summed E-state index contributed by atoms with van der Waals surface area (Å²) in [6.45, 7) is 6.72. The van der Waals surface area contributed by atoms with Crippen molar-refractivity contribution in [1.82, 2.24) is 4.90 Å². The van der Waals surface area contributed by atoms with E-state index >= 15 is 0 Å². The summed E-state index contributed by atoms with van der Waals surface area (Å²) >= 11 is 6.05. The molecule has 1 saturated heterocycles. The molecule has 0 aromatic heterocycles. The second-order valence-electron chi connectivity index (χ2n) is 11.3. The van der Waals surface area contributed by atoms with Crippen LogP contribution >= 0.6 is 11.6 Å². The molecule has 0 spiro atoms. The van der Waals surface area contributed by atoms with Crippen molar-refractivity contribution < 1.29 is 14.3 Å². The molecule has 0 bridgehead atoms. The highest BCUT2D eigenvalue weighted by Gasteiger charge is 2.41. The van der Waals surface area contributed by atoms with Gasteiger partial charge in [0.1, 0.15) is 5.60 Å². The molecule has 1 fully saturated rings. The molecule has 1 aliphatic heterocycles. The lowest BCUT2D eigenvalue weighted by Gasteiger charge is -2.42. The maximum Gasteiger partial charge on any atom is 0.307 e. The average molecular weight is 497 g/mol. The molecule has 2 unspecified atom stereocenters. The van der Waals surface area contributed by atoms with Gasteiger partial charge in [0.2, 0.25) is 5.91 Å². The number of amides is 1. The van der Waals surface area contributed by atoms with Gasteiger partial charge in [-0.15, -0.1) is 0 Å². The quantitative estimate of drug-likeness (QED) is 0.552. The number of piperidine rings is 1. The fourth-order valence-corrected chi connectivity index (χ4v) is 5.83. The van der Waals surface area contributed by atoms with Crippen LogP contribution in [-0.2, 0) is 27.2 Å². The molecule has 0 radical (unpaired) electrons. The van der Waals surface area contributed by atoms with E-state index in [0.717, 1.165) is 31.2 Å². The Morgan fingerprint density at radius 3 is 2.60 bits per heavy atom. The third-order valence-electron chi connectivity index (χ3n) is 7.18. The minimum Gasteiger partial charge on any atom is -0.460 e. The van der Waals surface area contributed by atoms with E-state index in [1.807, 2.05) is 62.1 Å². The predicted octanol–water partition coefficient (Wildman–Crippen LogP) is 5.28. The molecule has 2 aromatic rings. The minimum atomic E-state index is -0.589. The fourth-order valence-electron chi connectivity index (χ4n) is 5.71. The molecule has 1 aliphatic carbocycles. The number of hydrogen-bond donors (Lipinski definition) is 1. The van der Waals surface area contributed by atoms with Gasteiger partial charge in [0.05, 0.1) is 12.3 Å². The van der Waals surface area contributed by atoms with Crippen molar-refractivity contribution in [2.75, 3.05) is 13.1 Å². The molecular weight excluding hydrogens is 460 g/mol. The highest BCUT2D eigenvalue weighted by Crippen LogP contribution is 2.41. The first-order valence-electron chi connectivity index (χ1n) is 12.6. The number of esters is 1. The van der Waals surface area contributed by atoms with E-state index in [1.54, 1.807) is 0 Å². The summed E-state index contributed by atoms with van der Waals surface area (Å²) in [6.07, 6.45) is 4.25. The normalized spacial score (nSPS) is 23.0. The Labute approximate surface area is 214 Å². The maximum atomic E-state index is 14.0. The number of ether oxygens (including phenoxy) is 1. The monoisotopic (exact) mass is 496 g/mol. The van der Waals surface area contributed by atoms with Gasteiger partial charge in [-0.1, -0.05) is 48.0 Å². The summed E-state index contributed by atoms with van der Waals surface area (Å²) in [5.41, 5.74) is 9.33. The zero-order valence-electron chi connectivity index (χ0n) is 21.1. The van der Waals surface area contributed by atoms with Crippen molar-refractivity contribution >= 4 is 23.5 Å². The highest BCUT2D eigenvalue weighted by molar-refractivity contribution is 6.30. The summed E-state index contributed by atoms with van der Waals surface area (Å²) in [5, 5.41) is 0.696. The largest absolute Gasteiger partial charge is 0.460 e. The van der Waals surface area contributed by atoms with E-state index in [1.165, 1.54) is 11.1 Å². The lowest BCUT2D eigenvalue weighted by atomic mass is 9.81. The Balaban J connectivity index is 1.55. The maximum absolute atomic E-state index is 14.0. The zero-order chi connectivity index (χ0) is 25.2. The minimum absolute atomic E-state index is 0.0107. The van der Waals surface area contributed by atoms with E-state index in [0.29, 0.717) is 24.5 Å². The SMILES string of the molecule is CC(C)(C)OC(=O)CC(C(=O)N1CCCC(N)(Cc2ccc(Cl)cc2)C1)[C@@H]1CCc2ccccc21. The summed E-state index contributed by atoms with van der Waals surface area (Å²) in [6, 6.07) is 16.0. The number of hydrogen-bond acceptors (Lipinski definition) is 4. The van der Waals surface area contributed by atoms with Crippen LogP contribution in [0.5, 0.6) is 0 Å². The van der Waals surface area contributed by atoms with Gasteiger partial charge in [-0.3, -0.25) is 9.59 Å². The molecule has 4 rings (SSSR count). The zero-order valence-corrected chi connectivity index (χ0v) is 21.8. The standard InChI is InChI=1S/C29H37ClN2O3/c1-28(2,3)35-26(33)17-25(24-14-11-21-7-4-5-8-23(21)24)27(34)32-16-6-15-29(31,19-32)18-20-9-12-22(30)13-10-20/h4-5,7-10,12-13,24-25H,6,11,14-19,31H2,1-3H3/t24-,25?,29?/m1/s1. The molecule has 2 aromatic carbocycles. The van der Waals surface area contributed by atoms with Crippen molar-refractivity contribution in [2.24, 2.45) is 11.7 Å². The van der Waals surface area contributed by atoms with Crippen LogP contribution in [0.2, 0.25) is 5.02 Å². The topological polar surface area (TPSA) is 72.6 Å². The first kappa shape index (κ1) is 25.7. The van der Waals surface area contributed by atoms with Gasteiger partial charge in [-0.25, -0.2) is 0 Å². The van der Waals surface area contributed by atoms with Gasteiger partial charge >= 0.3 is 5.97 Å². The van der Waals surface area contributed by atoms with Crippen molar-refractivity contribution in [3.05, 3.63) is 70.2 Å². The average Bonchev–Trinajstić information content (AvgIpc) is 3.21. The van der Waals surface area contributed by atoms with Gasteiger partial charge in [0.15, 0.2) is 0 Å². The summed E-state index contributed by atoms with van der Waals surface area (Å²) in [5.74, 6) is -0.747. The number of nitrogens with two attached hydrogens (primary N) is 1. The summed E-state index contributed by atoms with van der Waals surface area (Å²) < 4.78 is 5.64. The van der Waals surface area contributed by atoms with Crippen molar-refractivity contribution in [1.29, 1.82) is 0 Å². The van der Waals surface area contributed by atoms with Crippen LogP contribution in [0.25, 0.3) is 0 Å². The Kier molecular flexibility index (Phi) is 7.58. The summed E-state index contributed by atoms with van der Waals surface area (Å²) in [4.78, 5) is 28.8. The molecule has 5 nitrogen and oxygen atoms in total. The van der Waals surface area contributed by atoms with Crippen LogP contribution in [-0.4, -0.2) is 41.0 Å². The molecular formula is C29H37ClN2O3. The second kappa shape index (κ2) is 10.3. The number of benzene rings is 2. The second-order valence-corrected chi connectivity index (χ2v) is 11.7. The molecule has 35 heavy (non-hydrogen) atoms. The lowest BCUT2D eigenvalue weighted by molar-refractivity contribution is -0.159. The molecule has 2 N–H and O–H groups in total. The van der Waals surface area contributed by atoms with Crippen molar-refractivity contribution in [2.45, 2.75) is 76.4 Å². The molecule has 3 atom stereocenters. The van der Waals surface area contributed by atoms with Crippen molar-refractivity contribution in [3.8, 4) is 0 Å². The van der Waals surface area contributed by atoms with E-state index in [2.05, 4.69) is 12.1 Å². The van der Waals surface area contributed by atoms with Gasteiger partial charge in [-0.2, -0.15) is 0 Å². The Morgan fingerprint density at radius 2 is 1.89 bits per heavy atom. The van der Waals surface area contributed by atoms with Crippen LogP contribution in [0.4, 0.5) is 0 Å². The van der Waals surface area contributed by atoms with Gasteiger partial charge in [-0.05, 0) is 87.6 Å². The lowest BCUT2D eigenvalue weighted by Crippen LogP contribution is -2.58. The van der Waals surface area contributed by atoms with Gasteiger partial charge in [0, 0.05) is 23.7 Å². The predicted molar refractivity (Wildman–Crippen MR) is 139 cm³/mol. The smallest absolute Gasteiger partial charge is 0.307 e. The number of carbonyl (C=O) groups is 2. The molecule has 6 heteroatoms. The number of halogens is 1. The fraction of sp³-hybridized carbons (Fsp3) is 0.517. The van der Waals surface area contributed by atoms with Crippen LogP contribution in [0.1, 0.15) is 69.1 Å². The van der Waals surface area contributed by atoms with Crippen LogP contribution in [0, 0.1) is 5.92 Å². The van der Waals surface area contributed by atoms with E-state index in [4.69, 9.17) is 22.1 Å². The van der Waals surface area contributed by atoms with Crippen molar-refractivity contribution in [3.63, 3.8) is 0 Å². The van der Waals surface area contributed by atoms with E-state index < -0.39 is 17.1 Å². The first-order valence-corrected chi connectivity index (χ1v) is 13.0. The Hall–Kier alpha value is -2.37. The number of carbonyl (C=O) groups excluding carboxylic acids is 2. The molecule has 188 valence electrons. The van der Waals surface area contributed by atoms with E-state index in [-0.39, 0.29) is 24.2 Å². The molecule has 1 amide bonds. The molecule has 0 saturated carbocycles. The number of rotatable bonds is 6. The van der Waals surface area contributed by atoms with Crippen LogP contribution < -0.4 is 5.73 Å². The third kappa shape index (κ3) is 6.45. The van der Waals surface area contributed by atoms with Crippen LogP contribution in [0.3, 0.4) is 0 Å². The Bertz CT molecular complexity index is 1060. The number of nitrogens with zero attached hydrogens (tertiary/aromatic N) is 1. The number of fused-ring (bicyclic) bond motifs is 1. The third-order valence-corrected chi connectivity index (χ3v) is 7.43. The van der Waals surface area contributed by atoms with E-state index in [9.17, 15) is 9.59 Å². The molecule has 2 aliphatic rings. The Morgan fingerprint density at radius 1 is 1.17 bits per heavy atom. The number of likely N-dealkylation sites (tertiary alicyclic amines) is 1. The summed E-state index contributed by atoms with van der Waals surface area (Å²) in [7, 11) is 0. The van der Waals surface area contributed by atoms with Gasteiger partial charge in [0.25, 0.3) is 0 Å². The van der Waals surface area contributed by atoms with Crippen LogP contribution in [0.15, 0.2) is 48.5 Å². The molecule has 1 heterocycles. The highest BCUT2D eigenvalue weighted by atomic mass is 35.5. The number of aryl methyl sites for hydroxylation is 1. The van der Waals surface area contributed by atoms with Gasteiger partial charge < -0.3 is 15.4 Å².